The zero-order chi connectivity index (χ0) is 17.0. The summed E-state index contributed by atoms with van der Waals surface area (Å²) in [7, 11) is 1.79. The Kier molecular flexibility index (Phi) is 11.5. The molecule has 2 nitrogen and oxygen atoms in total. The van der Waals surface area contributed by atoms with E-state index in [0.717, 1.165) is 0 Å². The van der Waals surface area contributed by atoms with Gasteiger partial charge in [0.15, 0.2) is 0 Å². The molecule has 0 heterocycles. The molecule has 138 valence electrons. The van der Waals surface area contributed by atoms with E-state index in [0.29, 0.717) is 6.79 Å². The first kappa shape index (κ1) is 21.8. The molecule has 1 aliphatic rings. The molecule has 0 radical (unpaired) electrons. The van der Waals surface area contributed by atoms with Crippen LogP contribution in [0.4, 0.5) is 0 Å². The molecular weight excluding hydrogens is 391 g/mol. The average molecular weight is 433 g/mol. The van der Waals surface area contributed by atoms with Gasteiger partial charge in [0, 0.05) is 0 Å². The third kappa shape index (κ3) is 6.18. The molecule has 0 aromatic rings. The molecule has 0 spiro atoms. The van der Waals surface area contributed by atoms with Gasteiger partial charge in [-0.05, 0) is 0 Å². The van der Waals surface area contributed by atoms with Crippen LogP contribution in [0.15, 0.2) is 0 Å². The summed E-state index contributed by atoms with van der Waals surface area (Å²) in [6.45, 7) is 7.60. The van der Waals surface area contributed by atoms with Gasteiger partial charge in [-0.2, -0.15) is 0 Å². The second kappa shape index (κ2) is 12.1. The van der Waals surface area contributed by atoms with Crippen LogP contribution < -0.4 is 0 Å². The van der Waals surface area contributed by atoms with Crippen LogP contribution in [0.3, 0.4) is 0 Å². The third-order valence-electron chi connectivity index (χ3n) is 6.11. The summed E-state index contributed by atoms with van der Waals surface area (Å²) in [6.07, 6.45) is 15.2. The first-order valence-electron chi connectivity index (χ1n) is 10.3. The van der Waals surface area contributed by atoms with E-state index in [1.165, 1.54) is 70.6 Å². The molecule has 1 fully saturated rings. The van der Waals surface area contributed by atoms with Gasteiger partial charge in [0.05, 0.1) is 0 Å². The van der Waals surface area contributed by atoms with Crippen LogP contribution >= 0.6 is 0 Å². The third-order valence-corrected chi connectivity index (χ3v) is 24.7. The first-order chi connectivity index (χ1) is 11.2. The normalized spacial score (nSPS) is 18.3. The van der Waals surface area contributed by atoms with Gasteiger partial charge in [-0.15, -0.1) is 0 Å². The summed E-state index contributed by atoms with van der Waals surface area (Å²) in [6, 6.07) is 0. The number of ether oxygens (including phenoxy) is 2. The van der Waals surface area contributed by atoms with Crippen LogP contribution in [0.5, 0.6) is 0 Å². The molecule has 0 aromatic carbocycles. The van der Waals surface area contributed by atoms with Crippen LogP contribution in [0, 0.1) is 0 Å². The van der Waals surface area contributed by atoms with Gasteiger partial charge in [-0.3, -0.25) is 0 Å². The Bertz CT molecular complexity index is 266. The van der Waals surface area contributed by atoms with E-state index in [1.54, 1.807) is 20.4 Å². The molecule has 1 saturated carbocycles. The summed E-state index contributed by atoms with van der Waals surface area (Å²) >= 11 is -2.38. The molecule has 0 aromatic heterocycles. The summed E-state index contributed by atoms with van der Waals surface area (Å²) in [5.74, 6) is 0. The minimum absolute atomic E-state index is 0.280. The van der Waals surface area contributed by atoms with Crippen LogP contribution in [0.1, 0.15) is 91.4 Å². The summed E-state index contributed by atoms with van der Waals surface area (Å²) < 4.78 is 17.0. The Morgan fingerprint density at radius 3 is 1.65 bits per heavy atom. The first-order valence-corrected chi connectivity index (χ1v) is 17.8. The van der Waals surface area contributed by atoms with Crippen molar-refractivity contribution in [3.05, 3.63) is 0 Å². The van der Waals surface area contributed by atoms with E-state index in [9.17, 15) is 0 Å². The maximum atomic E-state index is 6.65. The van der Waals surface area contributed by atoms with Crippen molar-refractivity contribution in [1.29, 1.82) is 0 Å². The van der Waals surface area contributed by atoms with E-state index >= 15 is 0 Å². The van der Waals surface area contributed by atoms with Gasteiger partial charge >= 0.3 is 150 Å². The van der Waals surface area contributed by atoms with Crippen molar-refractivity contribution in [1.82, 2.24) is 0 Å². The molecule has 1 aliphatic carbocycles. The summed E-state index contributed by atoms with van der Waals surface area (Å²) in [5.41, 5.74) is 0. The second-order valence-corrected chi connectivity index (χ2v) is 21.9. The van der Waals surface area contributed by atoms with Crippen molar-refractivity contribution in [2.45, 2.75) is 108 Å². The van der Waals surface area contributed by atoms with Crippen molar-refractivity contribution in [3.63, 3.8) is 0 Å². The molecule has 3 heteroatoms. The molecule has 0 amide bonds. The molecular formula is C20H42O2Sn. The van der Waals surface area contributed by atoms with Crippen molar-refractivity contribution >= 4 is 18.4 Å². The predicted molar refractivity (Wildman–Crippen MR) is 104 cm³/mol. The fraction of sp³-hybridized carbons (Fsp3) is 1.00. The number of hydrogen-bond donors (Lipinski definition) is 0. The quantitative estimate of drug-likeness (QED) is 0.238. The van der Waals surface area contributed by atoms with Crippen LogP contribution in [-0.2, 0) is 9.47 Å². The van der Waals surface area contributed by atoms with Crippen molar-refractivity contribution < 1.29 is 9.47 Å². The Morgan fingerprint density at radius 1 is 0.783 bits per heavy atom. The topological polar surface area (TPSA) is 18.5 Å². The Labute approximate surface area is 150 Å². The molecule has 23 heavy (non-hydrogen) atoms. The van der Waals surface area contributed by atoms with E-state index in [-0.39, 0.29) is 3.62 Å². The van der Waals surface area contributed by atoms with Crippen molar-refractivity contribution in [2.75, 3.05) is 13.9 Å². The monoisotopic (exact) mass is 434 g/mol. The molecule has 0 unspecified atom stereocenters. The fourth-order valence-electron chi connectivity index (χ4n) is 4.73. The zero-order valence-electron chi connectivity index (χ0n) is 16.4. The van der Waals surface area contributed by atoms with Gasteiger partial charge in [-0.25, -0.2) is 0 Å². The average Bonchev–Trinajstić information content (AvgIpc) is 2.60. The maximum absolute atomic E-state index is 6.65. The number of hydrogen-bond acceptors (Lipinski definition) is 2. The Hall–Kier alpha value is 0.719. The number of unbranched alkanes of at least 4 members (excludes halogenated alkanes) is 3. The van der Waals surface area contributed by atoms with E-state index in [2.05, 4.69) is 20.8 Å². The van der Waals surface area contributed by atoms with Gasteiger partial charge in [0.1, 0.15) is 0 Å². The number of rotatable bonds is 13. The van der Waals surface area contributed by atoms with E-state index < -0.39 is 18.4 Å². The van der Waals surface area contributed by atoms with Gasteiger partial charge < -0.3 is 0 Å². The molecule has 0 aliphatic heterocycles. The van der Waals surface area contributed by atoms with Gasteiger partial charge in [0.2, 0.25) is 0 Å². The number of methoxy groups -OCH3 is 1. The molecule has 0 N–H and O–H groups in total. The van der Waals surface area contributed by atoms with Gasteiger partial charge in [0.25, 0.3) is 0 Å². The van der Waals surface area contributed by atoms with Crippen LogP contribution in [0.25, 0.3) is 0 Å². The zero-order valence-corrected chi connectivity index (χ0v) is 19.3. The summed E-state index contributed by atoms with van der Waals surface area (Å²) in [5, 5.41) is 0. The van der Waals surface area contributed by atoms with Crippen LogP contribution in [-0.4, -0.2) is 35.9 Å². The molecule has 0 atom stereocenters. The summed E-state index contributed by atoms with van der Waals surface area (Å²) in [4.78, 5) is 0. The predicted octanol–water partition coefficient (Wildman–Crippen LogP) is 6.70. The fourth-order valence-corrected chi connectivity index (χ4v) is 24.7. The molecule has 1 rings (SSSR count). The van der Waals surface area contributed by atoms with E-state index in [4.69, 9.17) is 9.47 Å². The Morgan fingerprint density at radius 2 is 1.26 bits per heavy atom. The Balaban J connectivity index is 3.09. The SMILES string of the molecule is CCC[CH2][Sn]([CH2]CCC)([CH2]CCC)[C]1(OCOC)CCCCC1. The second-order valence-electron chi connectivity index (χ2n) is 7.70. The molecule has 0 bridgehead atoms. The van der Waals surface area contributed by atoms with E-state index in [1.807, 2.05) is 0 Å². The van der Waals surface area contributed by atoms with Crippen LogP contribution in [0.2, 0.25) is 13.3 Å². The minimum atomic E-state index is -2.38. The van der Waals surface area contributed by atoms with Crippen molar-refractivity contribution in [2.24, 2.45) is 0 Å². The standard InChI is InChI=1S/C8H15O2.3C4H9.Sn/c1-9-7-10-8-5-3-2-4-6-8;3*1-3-4-2;/h2-7H2,1H3;3*1,3-4H2,2H3;. The molecule has 0 saturated heterocycles. The van der Waals surface area contributed by atoms with Gasteiger partial charge in [-0.1, -0.05) is 0 Å². The van der Waals surface area contributed by atoms with Crippen molar-refractivity contribution in [3.8, 4) is 0 Å².